The minimum absolute atomic E-state index is 0.189. The minimum Gasteiger partial charge on any atom is -0.248 e. The van der Waals surface area contributed by atoms with Gasteiger partial charge in [0.15, 0.2) is 15.5 Å². The van der Waals surface area contributed by atoms with Crippen molar-refractivity contribution in [1.82, 2.24) is 0 Å². The van der Waals surface area contributed by atoms with E-state index in [0.717, 1.165) is 0 Å². The van der Waals surface area contributed by atoms with Crippen LogP contribution in [0.25, 0.3) is 0 Å². The van der Waals surface area contributed by atoms with Crippen molar-refractivity contribution in [3.8, 4) is 0 Å². The van der Waals surface area contributed by atoms with Crippen LogP contribution in [-0.4, -0.2) is 32.3 Å². The van der Waals surface area contributed by atoms with E-state index in [1.165, 1.54) is 0 Å². The monoisotopic (exact) mass is 170 g/mol. The molecular weight excluding hydrogens is 162 g/mol. The Hall–Kier alpha value is -0.190. The standard InChI is InChI=1S/C5H8F2O2S/c6-3-5(7)1-2-10(8,9)4-5/h1-4H2. The third-order valence-electron chi connectivity index (χ3n) is 1.58. The average molecular weight is 170 g/mol. The molecule has 0 amide bonds. The Morgan fingerprint density at radius 2 is 2.10 bits per heavy atom. The fraction of sp³-hybridized carbons (Fsp3) is 1.00. The Bertz CT molecular complexity index is 224. The van der Waals surface area contributed by atoms with Crippen LogP contribution in [-0.2, 0) is 9.84 Å². The highest BCUT2D eigenvalue weighted by Gasteiger charge is 2.42. The second-order valence-electron chi connectivity index (χ2n) is 2.63. The number of rotatable bonds is 1. The van der Waals surface area contributed by atoms with Gasteiger partial charge in [0, 0.05) is 0 Å². The summed E-state index contributed by atoms with van der Waals surface area (Å²) in [6.07, 6.45) is -0.189. The average Bonchev–Trinajstić information content (AvgIpc) is 2.08. The van der Waals surface area contributed by atoms with Crippen LogP contribution in [0.1, 0.15) is 6.42 Å². The molecule has 0 N–H and O–H groups in total. The summed E-state index contributed by atoms with van der Waals surface area (Å²) in [4.78, 5) is 0. The molecule has 1 saturated heterocycles. The highest BCUT2D eigenvalue weighted by atomic mass is 32.2. The van der Waals surface area contributed by atoms with Crippen LogP contribution >= 0.6 is 0 Å². The number of sulfone groups is 1. The highest BCUT2D eigenvalue weighted by Crippen LogP contribution is 2.27. The Balaban J connectivity index is 2.76. The molecule has 1 aliphatic rings. The second-order valence-corrected chi connectivity index (χ2v) is 4.81. The van der Waals surface area contributed by atoms with Crippen molar-refractivity contribution in [3.05, 3.63) is 0 Å². The van der Waals surface area contributed by atoms with Crippen molar-refractivity contribution in [2.45, 2.75) is 12.1 Å². The van der Waals surface area contributed by atoms with Gasteiger partial charge in [-0.1, -0.05) is 0 Å². The SMILES string of the molecule is O=S1(=O)CCC(F)(CF)C1. The quantitative estimate of drug-likeness (QED) is 0.573. The Labute approximate surface area is 58.1 Å². The zero-order valence-corrected chi connectivity index (χ0v) is 6.13. The van der Waals surface area contributed by atoms with Crippen molar-refractivity contribution in [2.75, 3.05) is 18.2 Å². The molecule has 5 heteroatoms. The van der Waals surface area contributed by atoms with Crippen molar-refractivity contribution < 1.29 is 17.2 Å². The first-order valence-electron chi connectivity index (χ1n) is 2.93. The summed E-state index contributed by atoms with van der Waals surface area (Å²) in [5.41, 5.74) is -2.08. The summed E-state index contributed by atoms with van der Waals surface area (Å²) < 4.78 is 45.8. The van der Waals surface area contributed by atoms with E-state index in [0.29, 0.717) is 0 Å². The van der Waals surface area contributed by atoms with E-state index in [-0.39, 0.29) is 12.2 Å². The smallest absolute Gasteiger partial charge is 0.154 e. The zero-order chi connectivity index (χ0) is 7.83. The van der Waals surface area contributed by atoms with E-state index in [4.69, 9.17) is 0 Å². The largest absolute Gasteiger partial charge is 0.248 e. The maximum absolute atomic E-state index is 12.8. The molecule has 0 bridgehead atoms. The van der Waals surface area contributed by atoms with Gasteiger partial charge in [0.2, 0.25) is 0 Å². The molecule has 1 unspecified atom stereocenters. The van der Waals surface area contributed by atoms with Crippen LogP contribution in [0, 0.1) is 0 Å². The summed E-state index contributed by atoms with van der Waals surface area (Å²) in [7, 11) is -3.28. The third-order valence-corrected chi connectivity index (χ3v) is 3.36. The first-order chi connectivity index (χ1) is 4.47. The lowest BCUT2D eigenvalue weighted by molar-refractivity contribution is 0.150. The van der Waals surface area contributed by atoms with E-state index in [2.05, 4.69) is 0 Å². The fourth-order valence-electron chi connectivity index (χ4n) is 0.982. The van der Waals surface area contributed by atoms with Gasteiger partial charge in [-0.15, -0.1) is 0 Å². The lowest BCUT2D eigenvalue weighted by Gasteiger charge is -2.10. The van der Waals surface area contributed by atoms with Crippen LogP contribution in [0.2, 0.25) is 0 Å². The lowest BCUT2D eigenvalue weighted by Crippen LogP contribution is -2.26. The van der Waals surface area contributed by atoms with Crippen molar-refractivity contribution in [2.24, 2.45) is 0 Å². The van der Waals surface area contributed by atoms with E-state index in [9.17, 15) is 17.2 Å². The Morgan fingerprint density at radius 3 is 2.30 bits per heavy atom. The van der Waals surface area contributed by atoms with Crippen LogP contribution < -0.4 is 0 Å². The zero-order valence-electron chi connectivity index (χ0n) is 5.31. The van der Waals surface area contributed by atoms with E-state index in [1.54, 1.807) is 0 Å². The first-order valence-corrected chi connectivity index (χ1v) is 4.75. The molecule has 60 valence electrons. The van der Waals surface area contributed by atoms with Gasteiger partial charge in [0.05, 0.1) is 11.5 Å². The van der Waals surface area contributed by atoms with Gasteiger partial charge in [0.25, 0.3) is 0 Å². The van der Waals surface area contributed by atoms with E-state index >= 15 is 0 Å². The molecule has 0 aromatic carbocycles. The predicted octanol–water partition coefficient (Wildman–Crippen LogP) is 0.483. The molecule has 1 aliphatic heterocycles. The fourth-order valence-corrected chi connectivity index (χ4v) is 2.81. The predicted molar refractivity (Wildman–Crippen MR) is 33.1 cm³/mol. The van der Waals surface area contributed by atoms with E-state index in [1.807, 2.05) is 0 Å². The van der Waals surface area contributed by atoms with Crippen molar-refractivity contribution in [3.63, 3.8) is 0 Å². The van der Waals surface area contributed by atoms with Gasteiger partial charge in [0.1, 0.15) is 6.67 Å². The summed E-state index contributed by atoms with van der Waals surface area (Å²) in [5, 5.41) is 0. The lowest BCUT2D eigenvalue weighted by atomic mass is 10.1. The number of halogens is 2. The first kappa shape index (κ1) is 7.91. The number of alkyl halides is 2. The molecule has 0 saturated carbocycles. The summed E-state index contributed by atoms with van der Waals surface area (Å²) >= 11 is 0. The van der Waals surface area contributed by atoms with Gasteiger partial charge in [-0.3, -0.25) is 0 Å². The van der Waals surface area contributed by atoms with Crippen LogP contribution in [0.5, 0.6) is 0 Å². The molecule has 1 rings (SSSR count). The molecule has 0 radical (unpaired) electrons. The van der Waals surface area contributed by atoms with Crippen LogP contribution in [0.15, 0.2) is 0 Å². The maximum atomic E-state index is 12.8. The van der Waals surface area contributed by atoms with Gasteiger partial charge in [-0.25, -0.2) is 17.2 Å². The Kier molecular flexibility index (Phi) is 1.70. The molecular formula is C5H8F2O2S. The molecule has 2 nitrogen and oxygen atoms in total. The summed E-state index contributed by atoms with van der Waals surface area (Å²) in [6, 6.07) is 0. The molecule has 1 atom stereocenters. The van der Waals surface area contributed by atoms with Gasteiger partial charge < -0.3 is 0 Å². The molecule has 0 aromatic heterocycles. The van der Waals surface area contributed by atoms with Gasteiger partial charge >= 0.3 is 0 Å². The minimum atomic E-state index is -3.28. The normalized spacial score (nSPS) is 38.2. The maximum Gasteiger partial charge on any atom is 0.154 e. The number of hydrogen-bond donors (Lipinski definition) is 0. The van der Waals surface area contributed by atoms with Gasteiger partial charge in [-0.2, -0.15) is 0 Å². The van der Waals surface area contributed by atoms with E-state index < -0.39 is 27.9 Å². The second kappa shape index (κ2) is 2.15. The molecule has 0 aromatic rings. The molecule has 1 fully saturated rings. The molecule has 0 aliphatic carbocycles. The molecule has 10 heavy (non-hydrogen) atoms. The Morgan fingerprint density at radius 1 is 1.50 bits per heavy atom. The summed E-state index contributed by atoms with van der Waals surface area (Å²) in [5.74, 6) is -0.857. The van der Waals surface area contributed by atoms with Crippen LogP contribution in [0.3, 0.4) is 0 Å². The third kappa shape index (κ3) is 1.45. The topological polar surface area (TPSA) is 34.1 Å². The van der Waals surface area contributed by atoms with Crippen molar-refractivity contribution in [1.29, 1.82) is 0 Å². The van der Waals surface area contributed by atoms with Gasteiger partial charge in [-0.05, 0) is 6.42 Å². The number of hydrogen-bond acceptors (Lipinski definition) is 2. The van der Waals surface area contributed by atoms with Crippen LogP contribution in [0.4, 0.5) is 8.78 Å². The highest BCUT2D eigenvalue weighted by molar-refractivity contribution is 7.91. The van der Waals surface area contributed by atoms with Crippen molar-refractivity contribution >= 4 is 9.84 Å². The molecule has 0 spiro atoms. The summed E-state index contributed by atoms with van der Waals surface area (Å²) in [6.45, 7) is -1.19. The molecule has 1 heterocycles.